The lowest BCUT2D eigenvalue weighted by molar-refractivity contribution is -0.129. The standard InChI is InChI=1S/C16H17Br2NO4S/c1-22-12-7-9(11(17)8-13(12)23-2)3-5-19-16(21)14(20)10-4-6-24-15(10)18/h4,6-8,14,20H,3,5H2,1-2H3,(H,19,21). The van der Waals surface area contributed by atoms with Crippen LogP contribution in [-0.2, 0) is 11.2 Å². The first-order valence-corrected chi connectivity index (χ1v) is 9.53. The number of nitrogens with one attached hydrogen (secondary N) is 1. The van der Waals surface area contributed by atoms with Crippen molar-refractivity contribution in [2.24, 2.45) is 0 Å². The maximum atomic E-state index is 12.1. The summed E-state index contributed by atoms with van der Waals surface area (Å²) in [5, 5.41) is 14.6. The van der Waals surface area contributed by atoms with E-state index in [9.17, 15) is 9.90 Å². The highest BCUT2D eigenvalue weighted by Crippen LogP contribution is 2.33. The third kappa shape index (κ3) is 4.50. The summed E-state index contributed by atoms with van der Waals surface area (Å²) in [5.41, 5.74) is 1.55. The Morgan fingerprint density at radius 3 is 2.54 bits per heavy atom. The zero-order valence-electron chi connectivity index (χ0n) is 13.1. The van der Waals surface area contributed by atoms with Gasteiger partial charge in [-0.1, -0.05) is 15.9 Å². The van der Waals surface area contributed by atoms with Crippen LogP contribution in [-0.4, -0.2) is 31.8 Å². The lowest BCUT2D eigenvalue weighted by Crippen LogP contribution is -2.31. The molecule has 2 aromatic rings. The highest BCUT2D eigenvalue weighted by molar-refractivity contribution is 9.11. The van der Waals surface area contributed by atoms with Gasteiger partial charge in [-0.3, -0.25) is 4.79 Å². The molecule has 1 heterocycles. The number of aliphatic hydroxyl groups excluding tert-OH is 1. The molecule has 0 spiro atoms. The molecule has 0 saturated carbocycles. The number of carbonyl (C=O) groups excluding carboxylic acids is 1. The van der Waals surface area contributed by atoms with Crippen molar-refractivity contribution in [3.63, 3.8) is 0 Å². The summed E-state index contributed by atoms with van der Waals surface area (Å²) in [6.45, 7) is 0.395. The van der Waals surface area contributed by atoms with Crippen LogP contribution in [0.25, 0.3) is 0 Å². The van der Waals surface area contributed by atoms with Crippen LogP contribution in [0.15, 0.2) is 31.8 Å². The van der Waals surface area contributed by atoms with E-state index in [1.807, 2.05) is 17.5 Å². The molecule has 2 N–H and O–H groups in total. The Labute approximate surface area is 161 Å². The van der Waals surface area contributed by atoms with Gasteiger partial charge in [0, 0.05) is 16.6 Å². The first-order chi connectivity index (χ1) is 11.5. The predicted molar refractivity (Wildman–Crippen MR) is 101 cm³/mol. The average molecular weight is 479 g/mol. The summed E-state index contributed by atoms with van der Waals surface area (Å²) in [7, 11) is 3.15. The summed E-state index contributed by atoms with van der Waals surface area (Å²) >= 11 is 8.24. The van der Waals surface area contributed by atoms with Gasteiger partial charge in [0.05, 0.1) is 18.0 Å². The van der Waals surface area contributed by atoms with Gasteiger partial charge in [-0.15, -0.1) is 11.3 Å². The van der Waals surface area contributed by atoms with Gasteiger partial charge < -0.3 is 19.9 Å². The number of halogens is 2. The molecule has 0 saturated heterocycles. The molecule has 5 nitrogen and oxygen atoms in total. The van der Waals surface area contributed by atoms with Gasteiger partial charge >= 0.3 is 0 Å². The molecule has 1 unspecified atom stereocenters. The maximum absolute atomic E-state index is 12.1. The second-order valence-electron chi connectivity index (χ2n) is 4.89. The van der Waals surface area contributed by atoms with Crippen LogP contribution >= 0.6 is 43.2 Å². The number of aliphatic hydroxyl groups is 1. The van der Waals surface area contributed by atoms with E-state index in [2.05, 4.69) is 37.2 Å². The Kier molecular flexibility index (Phi) is 7.09. The van der Waals surface area contributed by atoms with Crippen LogP contribution < -0.4 is 14.8 Å². The van der Waals surface area contributed by atoms with E-state index in [0.717, 1.165) is 13.8 Å². The molecule has 1 aromatic carbocycles. The average Bonchev–Trinajstić information content (AvgIpc) is 3.00. The topological polar surface area (TPSA) is 67.8 Å². The zero-order valence-corrected chi connectivity index (χ0v) is 17.1. The fraction of sp³-hybridized carbons (Fsp3) is 0.312. The largest absolute Gasteiger partial charge is 0.493 e. The predicted octanol–water partition coefficient (Wildman–Crippen LogP) is 3.68. The highest BCUT2D eigenvalue weighted by atomic mass is 79.9. The molecule has 0 bridgehead atoms. The molecule has 0 aliphatic rings. The Morgan fingerprint density at radius 2 is 1.96 bits per heavy atom. The van der Waals surface area contributed by atoms with E-state index in [0.29, 0.717) is 30.0 Å². The van der Waals surface area contributed by atoms with Crippen LogP contribution in [0.5, 0.6) is 11.5 Å². The smallest absolute Gasteiger partial charge is 0.253 e. The summed E-state index contributed by atoms with van der Waals surface area (Å²) in [6, 6.07) is 5.41. The minimum atomic E-state index is -1.18. The Hall–Kier alpha value is -1.09. The van der Waals surface area contributed by atoms with Gasteiger partial charge in [-0.25, -0.2) is 0 Å². The summed E-state index contributed by atoms with van der Waals surface area (Å²) in [6.07, 6.45) is -0.594. The first kappa shape index (κ1) is 19.2. The first-order valence-electron chi connectivity index (χ1n) is 7.07. The minimum Gasteiger partial charge on any atom is -0.493 e. The number of hydrogen-bond acceptors (Lipinski definition) is 5. The van der Waals surface area contributed by atoms with Crippen molar-refractivity contribution in [2.45, 2.75) is 12.5 Å². The molecule has 0 aliphatic heterocycles. The minimum absolute atomic E-state index is 0.395. The number of methoxy groups -OCH3 is 2. The van der Waals surface area contributed by atoms with Gasteiger partial charge in [0.2, 0.25) is 0 Å². The van der Waals surface area contributed by atoms with E-state index >= 15 is 0 Å². The van der Waals surface area contributed by atoms with Crippen LogP contribution in [0.2, 0.25) is 0 Å². The Morgan fingerprint density at radius 1 is 1.29 bits per heavy atom. The highest BCUT2D eigenvalue weighted by Gasteiger charge is 2.20. The molecular formula is C16H17Br2NO4S. The molecular weight excluding hydrogens is 462 g/mol. The van der Waals surface area contributed by atoms with Crippen molar-refractivity contribution in [3.8, 4) is 11.5 Å². The van der Waals surface area contributed by atoms with Crippen molar-refractivity contribution >= 4 is 49.1 Å². The van der Waals surface area contributed by atoms with Gasteiger partial charge in [0.1, 0.15) is 0 Å². The summed E-state index contributed by atoms with van der Waals surface area (Å²) < 4.78 is 12.1. The van der Waals surface area contributed by atoms with E-state index in [-0.39, 0.29) is 0 Å². The summed E-state index contributed by atoms with van der Waals surface area (Å²) in [5.74, 6) is 0.838. The fourth-order valence-electron chi connectivity index (χ4n) is 2.15. The zero-order chi connectivity index (χ0) is 17.7. The molecule has 8 heteroatoms. The molecule has 1 atom stereocenters. The van der Waals surface area contributed by atoms with E-state index in [1.54, 1.807) is 20.3 Å². The fourth-order valence-corrected chi connectivity index (χ4v) is 3.99. The van der Waals surface area contributed by atoms with Crippen LogP contribution in [0.4, 0.5) is 0 Å². The summed E-state index contributed by atoms with van der Waals surface area (Å²) in [4.78, 5) is 12.1. The quantitative estimate of drug-likeness (QED) is 0.636. The van der Waals surface area contributed by atoms with Crippen molar-refractivity contribution in [1.29, 1.82) is 0 Å². The Bertz CT molecular complexity index is 720. The molecule has 1 aromatic heterocycles. The monoisotopic (exact) mass is 477 g/mol. The van der Waals surface area contributed by atoms with Gasteiger partial charge in [-0.05, 0) is 51.5 Å². The molecule has 0 aliphatic carbocycles. The number of thiophene rings is 1. The van der Waals surface area contributed by atoms with Crippen LogP contribution in [0.1, 0.15) is 17.2 Å². The van der Waals surface area contributed by atoms with Crippen molar-refractivity contribution in [3.05, 3.63) is 43.0 Å². The number of hydrogen-bond donors (Lipinski definition) is 2. The Balaban J connectivity index is 1.97. The second kappa shape index (κ2) is 8.84. The van der Waals surface area contributed by atoms with E-state index in [4.69, 9.17) is 9.47 Å². The van der Waals surface area contributed by atoms with Crippen LogP contribution in [0.3, 0.4) is 0 Å². The number of benzene rings is 1. The molecule has 2 rings (SSSR count). The maximum Gasteiger partial charge on any atom is 0.253 e. The third-order valence-corrected chi connectivity index (χ3v) is 5.91. The third-order valence-electron chi connectivity index (χ3n) is 3.44. The molecule has 0 fully saturated rings. The van der Waals surface area contributed by atoms with E-state index < -0.39 is 12.0 Å². The molecule has 1 amide bonds. The van der Waals surface area contributed by atoms with Crippen molar-refractivity contribution in [2.75, 3.05) is 20.8 Å². The van der Waals surface area contributed by atoms with Gasteiger partial charge in [-0.2, -0.15) is 0 Å². The van der Waals surface area contributed by atoms with Gasteiger partial charge in [0.25, 0.3) is 5.91 Å². The number of carbonyl (C=O) groups is 1. The molecule has 24 heavy (non-hydrogen) atoms. The van der Waals surface area contributed by atoms with E-state index in [1.165, 1.54) is 11.3 Å². The normalized spacial score (nSPS) is 11.9. The van der Waals surface area contributed by atoms with Crippen molar-refractivity contribution in [1.82, 2.24) is 5.32 Å². The SMILES string of the molecule is COc1cc(Br)c(CCNC(=O)C(O)c2ccsc2Br)cc1OC. The van der Waals surface area contributed by atoms with Crippen LogP contribution in [0, 0.1) is 0 Å². The lowest BCUT2D eigenvalue weighted by atomic mass is 10.1. The van der Waals surface area contributed by atoms with Crippen molar-refractivity contribution < 1.29 is 19.4 Å². The second-order valence-corrected chi connectivity index (χ2v) is 7.98. The molecule has 0 radical (unpaired) electrons. The molecule has 130 valence electrons. The number of rotatable bonds is 7. The number of amides is 1. The number of ether oxygens (including phenoxy) is 2. The lowest BCUT2D eigenvalue weighted by Gasteiger charge is -2.13. The van der Waals surface area contributed by atoms with Gasteiger partial charge in [0.15, 0.2) is 17.6 Å².